The summed E-state index contributed by atoms with van der Waals surface area (Å²) in [5, 5.41) is 2.96. The van der Waals surface area contributed by atoms with Crippen molar-refractivity contribution in [2.75, 3.05) is 40.4 Å². The molecule has 0 heterocycles. The van der Waals surface area contributed by atoms with E-state index < -0.39 is 0 Å². The molecule has 0 aliphatic heterocycles. The highest BCUT2D eigenvalue weighted by Gasteiger charge is 2.08. The third-order valence-corrected chi connectivity index (χ3v) is 4.26. The number of carbonyl (C=O) groups is 1. The molecule has 0 saturated carbocycles. The smallest absolute Gasteiger partial charge is 0.234 e. The summed E-state index contributed by atoms with van der Waals surface area (Å²) in [4.78, 5) is 14.1. The van der Waals surface area contributed by atoms with Crippen molar-refractivity contribution in [3.8, 4) is 11.5 Å². The van der Waals surface area contributed by atoms with Crippen molar-refractivity contribution in [2.45, 2.75) is 20.3 Å². The number of methoxy groups -OCH3 is 1. The van der Waals surface area contributed by atoms with Gasteiger partial charge in [-0.3, -0.25) is 9.69 Å². The molecule has 0 aromatic heterocycles. The highest BCUT2D eigenvalue weighted by Crippen LogP contribution is 2.17. The quantitative estimate of drug-likeness (QED) is 0.699. The molecule has 5 nitrogen and oxygen atoms in total. The van der Waals surface area contributed by atoms with E-state index >= 15 is 0 Å². The second kappa shape index (κ2) is 10.6. The van der Waals surface area contributed by atoms with Crippen molar-refractivity contribution in [2.24, 2.45) is 0 Å². The van der Waals surface area contributed by atoms with E-state index in [1.165, 1.54) is 11.1 Å². The first-order chi connectivity index (χ1) is 13.0. The third-order valence-electron chi connectivity index (χ3n) is 4.26. The number of aryl methyl sites for hydroxylation is 2. The van der Waals surface area contributed by atoms with Crippen LogP contribution in [-0.2, 0) is 11.2 Å². The predicted molar refractivity (Wildman–Crippen MR) is 109 cm³/mol. The molecule has 0 radical (unpaired) electrons. The molecule has 0 aliphatic rings. The van der Waals surface area contributed by atoms with Crippen LogP contribution in [0.3, 0.4) is 0 Å². The van der Waals surface area contributed by atoms with Crippen molar-refractivity contribution in [3.63, 3.8) is 0 Å². The summed E-state index contributed by atoms with van der Waals surface area (Å²) in [6.45, 7) is 6.29. The van der Waals surface area contributed by atoms with Crippen LogP contribution in [0.1, 0.15) is 16.7 Å². The van der Waals surface area contributed by atoms with E-state index in [0.717, 1.165) is 23.5 Å². The average molecular weight is 370 g/mol. The van der Waals surface area contributed by atoms with Crippen LogP contribution < -0.4 is 14.8 Å². The fourth-order valence-electron chi connectivity index (χ4n) is 2.96. The van der Waals surface area contributed by atoms with Gasteiger partial charge in [0.15, 0.2) is 0 Å². The molecule has 146 valence electrons. The molecule has 0 aliphatic carbocycles. The highest BCUT2D eigenvalue weighted by atomic mass is 16.5. The summed E-state index contributed by atoms with van der Waals surface area (Å²) in [6.07, 6.45) is 0.745. The van der Waals surface area contributed by atoms with Gasteiger partial charge in [-0.1, -0.05) is 24.3 Å². The van der Waals surface area contributed by atoms with E-state index in [9.17, 15) is 4.79 Å². The van der Waals surface area contributed by atoms with Crippen LogP contribution >= 0.6 is 0 Å². The maximum Gasteiger partial charge on any atom is 0.234 e. The first-order valence-corrected chi connectivity index (χ1v) is 9.26. The number of nitrogens with one attached hydrogen (secondary N) is 1. The zero-order valence-electron chi connectivity index (χ0n) is 16.7. The number of hydrogen-bond donors (Lipinski definition) is 1. The van der Waals surface area contributed by atoms with Crippen LogP contribution in [0.5, 0.6) is 11.5 Å². The Balaban J connectivity index is 1.66. The summed E-state index contributed by atoms with van der Waals surface area (Å²) >= 11 is 0. The van der Waals surface area contributed by atoms with E-state index in [1.807, 2.05) is 48.3 Å². The van der Waals surface area contributed by atoms with Gasteiger partial charge in [0.2, 0.25) is 5.91 Å². The van der Waals surface area contributed by atoms with Gasteiger partial charge in [0.25, 0.3) is 0 Å². The Bertz CT molecular complexity index is 726. The standard InChI is InChI=1S/C22H30N2O3/c1-17-13-18(2)15-20(14-17)27-12-11-24(3)16-22(25)23-10-9-19-7-5-6-8-21(19)26-4/h5-8,13-15H,9-12,16H2,1-4H3,(H,23,25). The van der Waals surface area contributed by atoms with Gasteiger partial charge >= 0.3 is 0 Å². The Labute approximate surface area is 162 Å². The second-order valence-electron chi connectivity index (χ2n) is 6.82. The van der Waals surface area contributed by atoms with Crippen molar-refractivity contribution >= 4 is 5.91 Å². The number of hydrogen-bond acceptors (Lipinski definition) is 4. The molecular formula is C22H30N2O3. The van der Waals surface area contributed by atoms with E-state index in [0.29, 0.717) is 26.2 Å². The summed E-state index contributed by atoms with van der Waals surface area (Å²) in [5.41, 5.74) is 3.47. The zero-order chi connectivity index (χ0) is 19.6. The number of para-hydroxylation sites is 1. The first kappa shape index (κ1) is 20.8. The number of amides is 1. The topological polar surface area (TPSA) is 50.8 Å². The van der Waals surface area contributed by atoms with Crippen LogP contribution in [-0.4, -0.2) is 51.2 Å². The molecule has 2 aromatic carbocycles. The van der Waals surface area contributed by atoms with Gasteiger partial charge in [0, 0.05) is 13.1 Å². The van der Waals surface area contributed by atoms with Crippen molar-refractivity contribution in [1.29, 1.82) is 0 Å². The lowest BCUT2D eigenvalue weighted by molar-refractivity contribution is -0.121. The number of likely N-dealkylation sites (N-methyl/N-ethyl adjacent to an activating group) is 1. The number of rotatable bonds is 10. The van der Waals surface area contributed by atoms with Gasteiger partial charge in [-0.15, -0.1) is 0 Å². The minimum atomic E-state index is 0.0128. The van der Waals surface area contributed by atoms with Crippen LogP contribution in [0.2, 0.25) is 0 Å². The Morgan fingerprint density at radius 3 is 2.52 bits per heavy atom. The summed E-state index contributed by atoms with van der Waals surface area (Å²) in [6, 6.07) is 14.0. The third kappa shape index (κ3) is 7.31. The van der Waals surface area contributed by atoms with E-state index in [4.69, 9.17) is 9.47 Å². The fourth-order valence-corrected chi connectivity index (χ4v) is 2.96. The minimum Gasteiger partial charge on any atom is -0.496 e. The maximum atomic E-state index is 12.1. The van der Waals surface area contributed by atoms with Crippen LogP contribution in [0.25, 0.3) is 0 Å². The molecule has 2 aromatic rings. The molecule has 0 spiro atoms. The first-order valence-electron chi connectivity index (χ1n) is 9.26. The molecule has 1 amide bonds. The van der Waals surface area contributed by atoms with Crippen LogP contribution in [0.4, 0.5) is 0 Å². The monoisotopic (exact) mass is 370 g/mol. The van der Waals surface area contributed by atoms with E-state index in [-0.39, 0.29) is 5.91 Å². The van der Waals surface area contributed by atoms with Crippen molar-refractivity contribution in [3.05, 3.63) is 59.2 Å². The van der Waals surface area contributed by atoms with Crippen LogP contribution in [0.15, 0.2) is 42.5 Å². The van der Waals surface area contributed by atoms with E-state index in [1.54, 1.807) is 7.11 Å². The van der Waals surface area contributed by atoms with E-state index in [2.05, 4.69) is 25.2 Å². The maximum absolute atomic E-state index is 12.1. The number of nitrogens with zero attached hydrogens (tertiary/aromatic N) is 1. The molecule has 1 N–H and O–H groups in total. The minimum absolute atomic E-state index is 0.0128. The average Bonchev–Trinajstić information content (AvgIpc) is 2.61. The lowest BCUT2D eigenvalue weighted by Crippen LogP contribution is -2.37. The van der Waals surface area contributed by atoms with Crippen molar-refractivity contribution < 1.29 is 14.3 Å². The van der Waals surface area contributed by atoms with Gasteiger partial charge < -0.3 is 14.8 Å². The van der Waals surface area contributed by atoms with Gasteiger partial charge in [0.05, 0.1) is 13.7 Å². The predicted octanol–water partition coefficient (Wildman–Crippen LogP) is 2.98. The highest BCUT2D eigenvalue weighted by molar-refractivity contribution is 5.77. The Morgan fingerprint density at radius 2 is 1.81 bits per heavy atom. The van der Waals surface area contributed by atoms with Gasteiger partial charge in [-0.2, -0.15) is 0 Å². The Morgan fingerprint density at radius 1 is 1.11 bits per heavy atom. The SMILES string of the molecule is COc1ccccc1CCNC(=O)CN(C)CCOc1cc(C)cc(C)c1. The molecule has 5 heteroatoms. The summed E-state index contributed by atoms with van der Waals surface area (Å²) in [5.74, 6) is 1.74. The lowest BCUT2D eigenvalue weighted by Gasteiger charge is -2.17. The van der Waals surface area contributed by atoms with Gasteiger partial charge in [0.1, 0.15) is 18.1 Å². The molecule has 0 unspecified atom stereocenters. The second-order valence-corrected chi connectivity index (χ2v) is 6.82. The molecule has 0 atom stereocenters. The largest absolute Gasteiger partial charge is 0.496 e. The van der Waals surface area contributed by atoms with Gasteiger partial charge in [-0.25, -0.2) is 0 Å². The van der Waals surface area contributed by atoms with Crippen molar-refractivity contribution in [1.82, 2.24) is 10.2 Å². The molecular weight excluding hydrogens is 340 g/mol. The van der Waals surface area contributed by atoms with Crippen LogP contribution in [0, 0.1) is 13.8 Å². The fraction of sp³-hybridized carbons (Fsp3) is 0.409. The normalized spacial score (nSPS) is 10.7. The Hall–Kier alpha value is -2.53. The Kier molecular flexibility index (Phi) is 8.14. The summed E-state index contributed by atoms with van der Waals surface area (Å²) in [7, 11) is 3.58. The lowest BCUT2D eigenvalue weighted by atomic mass is 10.1. The summed E-state index contributed by atoms with van der Waals surface area (Å²) < 4.78 is 11.1. The molecule has 0 fully saturated rings. The molecule has 2 rings (SSSR count). The number of carbonyl (C=O) groups excluding carboxylic acids is 1. The molecule has 0 saturated heterocycles. The molecule has 27 heavy (non-hydrogen) atoms. The number of benzene rings is 2. The number of ether oxygens (including phenoxy) is 2. The van der Waals surface area contributed by atoms with Gasteiger partial charge in [-0.05, 0) is 62.2 Å². The zero-order valence-corrected chi connectivity index (χ0v) is 16.7. The molecule has 0 bridgehead atoms.